The van der Waals surface area contributed by atoms with Crippen molar-refractivity contribution in [2.75, 3.05) is 6.54 Å². The zero-order chi connectivity index (χ0) is 13.9. The number of nitrogens with zero attached hydrogens (tertiary/aromatic N) is 1. The number of nitrogens with one attached hydrogen (secondary N) is 1. The highest BCUT2D eigenvalue weighted by Gasteiger charge is 2.35. The molecule has 0 aliphatic carbocycles. The number of rotatable bonds is 5. The monoisotopic (exact) mass is 276 g/mol. The maximum Gasteiger partial charge on any atom is 0.123 e. The number of benzene rings is 1. The first-order valence-electron chi connectivity index (χ1n) is 7.99. The first-order valence-corrected chi connectivity index (χ1v) is 7.99. The first kappa shape index (κ1) is 14.0. The van der Waals surface area contributed by atoms with Gasteiger partial charge in [-0.1, -0.05) is 19.1 Å². The minimum Gasteiger partial charge on any atom is -0.311 e. The van der Waals surface area contributed by atoms with Gasteiger partial charge in [0.1, 0.15) is 5.82 Å². The molecule has 2 nitrogen and oxygen atoms in total. The van der Waals surface area contributed by atoms with E-state index in [4.69, 9.17) is 0 Å². The number of hydrogen-bond acceptors (Lipinski definition) is 2. The van der Waals surface area contributed by atoms with Crippen molar-refractivity contribution in [3.05, 3.63) is 35.6 Å². The van der Waals surface area contributed by atoms with Gasteiger partial charge in [0.2, 0.25) is 0 Å². The summed E-state index contributed by atoms with van der Waals surface area (Å²) in [5.74, 6) is -0.143. The van der Waals surface area contributed by atoms with Gasteiger partial charge in [0.15, 0.2) is 0 Å². The van der Waals surface area contributed by atoms with Crippen LogP contribution in [0.25, 0.3) is 0 Å². The van der Waals surface area contributed by atoms with Gasteiger partial charge in [-0.3, -0.25) is 4.90 Å². The van der Waals surface area contributed by atoms with Gasteiger partial charge in [-0.05, 0) is 56.3 Å². The topological polar surface area (TPSA) is 15.3 Å². The molecule has 2 fully saturated rings. The fourth-order valence-electron chi connectivity index (χ4n) is 3.83. The molecule has 2 bridgehead atoms. The molecule has 1 aromatic rings. The SMILES string of the molecule is CCCN(Cc1ccc(F)cc1)C1CC2CCC(C1)N2. The van der Waals surface area contributed by atoms with Gasteiger partial charge in [-0.15, -0.1) is 0 Å². The Morgan fingerprint density at radius 2 is 1.80 bits per heavy atom. The smallest absolute Gasteiger partial charge is 0.123 e. The van der Waals surface area contributed by atoms with Crippen molar-refractivity contribution >= 4 is 0 Å². The van der Waals surface area contributed by atoms with E-state index in [1.54, 1.807) is 12.1 Å². The molecule has 2 unspecified atom stereocenters. The number of hydrogen-bond donors (Lipinski definition) is 1. The van der Waals surface area contributed by atoms with Gasteiger partial charge in [0.25, 0.3) is 0 Å². The maximum absolute atomic E-state index is 13.0. The van der Waals surface area contributed by atoms with Crippen LogP contribution in [0.2, 0.25) is 0 Å². The van der Waals surface area contributed by atoms with Gasteiger partial charge in [-0.2, -0.15) is 0 Å². The predicted molar refractivity (Wildman–Crippen MR) is 80.1 cm³/mol. The molecule has 3 heteroatoms. The molecule has 2 aliphatic heterocycles. The highest BCUT2D eigenvalue weighted by Crippen LogP contribution is 2.30. The van der Waals surface area contributed by atoms with Crippen LogP contribution in [0, 0.1) is 5.82 Å². The summed E-state index contributed by atoms with van der Waals surface area (Å²) >= 11 is 0. The van der Waals surface area contributed by atoms with Crippen molar-refractivity contribution < 1.29 is 4.39 Å². The number of fused-ring (bicyclic) bond motifs is 2. The second kappa shape index (κ2) is 6.23. The minimum atomic E-state index is -0.143. The van der Waals surface area contributed by atoms with Crippen LogP contribution in [0.4, 0.5) is 4.39 Å². The molecule has 0 spiro atoms. The van der Waals surface area contributed by atoms with Gasteiger partial charge in [0, 0.05) is 24.7 Å². The predicted octanol–water partition coefficient (Wildman–Crippen LogP) is 3.32. The maximum atomic E-state index is 13.0. The molecule has 0 radical (unpaired) electrons. The van der Waals surface area contributed by atoms with E-state index in [0.717, 1.165) is 25.2 Å². The van der Waals surface area contributed by atoms with Crippen LogP contribution in [0.5, 0.6) is 0 Å². The average Bonchev–Trinajstić information content (AvgIpc) is 2.79. The van der Waals surface area contributed by atoms with Crippen molar-refractivity contribution in [3.8, 4) is 0 Å². The van der Waals surface area contributed by atoms with Crippen LogP contribution in [0.15, 0.2) is 24.3 Å². The van der Waals surface area contributed by atoms with Crippen molar-refractivity contribution in [2.45, 2.75) is 63.7 Å². The van der Waals surface area contributed by atoms with Crippen molar-refractivity contribution in [1.29, 1.82) is 0 Å². The molecule has 3 rings (SSSR count). The Bertz CT molecular complexity index is 419. The number of piperidine rings is 1. The van der Waals surface area contributed by atoms with E-state index in [1.165, 1.54) is 37.7 Å². The van der Waals surface area contributed by atoms with Crippen molar-refractivity contribution in [1.82, 2.24) is 10.2 Å². The first-order chi connectivity index (χ1) is 9.74. The average molecular weight is 276 g/mol. The molecule has 110 valence electrons. The Hall–Kier alpha value is -0.930. The molecule has 0 aromatic heterocycles. The lowest BCUT2D eigenvalue weighted by Crippen LogP contribution is -2.48. The molecule has 2 atom stereocenters. The Morgan fingerprint density at radius 3 is 2.40 bits per heavy atom. The third-order valence-corrected chi connectivity index (χ3v) is 4.77. The summed E-state index contributed by atoms with van der Waals surface area (Å²) in [5.41, 5.74) is 1.23. The fourth-order valence-corrected chi connectivity index (χ4v) is 3.83. The summed E-state index contributed by atoms with van der Waals surface area (Å²) in [4.78, 5) is 2.61. The molecular formula is C17H25FN2. The normalized spacial score (nSPS) is 29.1. The Morgan fingerprint density at radius 1 is 1.15 bits per heavy atom. The summed E-state index contributed by atoms with van der Waals surface area (Å²) in [5, 5.41) is 3.71. The van der Waals surface area contributed by atoms with Crippen LogP contribution in [0.1, 0.15) is 44.6 Å². The van der Waals surface area contributed by atoms with Gasteiger partial charge in [-0.25, -0.2) is 4.39 Å². The summed E-state index contributed by atoms with van der Waals surface area (Å²) < 4.78 is 13.0. The largest absolute Gasteiger partial charge is 0.311 e. The fraction of sp³-hybridized carbons (Fsp3) is 0.647. The minimum absolute atomic E-state index is 0.143. The second-order valence-electron chi connectivity index (χ2n) is 6.36. The summed E-state index contributed by atoms with van der Waals surface area (Å²) in [6, 6.07) is 9.15. The lowest BCUT2D eigenvalue weighted by molar-refractivity contribution is 0.134. The van der Waals surface area contributed by atoms with Gasteiger partial charge in [0.05, 0.1) is 0 Å². The summed E-state index contributed by atoms with van der Waals surface area (Å²) in [7, 11) is 0. The van der Waals surface area contributed by atoms with E-state index < -0.39 is 0 Å². The molecule has 2 heterocycles. The molecule has 0 amide bonds. The van der Waals surface area contributed by atoms with Crippen molar-refractivity contribution in [2.24, 2.45) is 0 Å². The van der Waals surface area contributed by atoms with Crippen LogP contribution in [0.3, 0.4) is 0 Å². The van der Waals surface area contributed by atoms with Crippen molar-refractivity contribution in [3.63, 3.8) is 0 Å². The Balaban J connectivity index is 1.67. The lowest BCUT2D eigenvalue weighted by atomic mass is 9.97. The van der Waals surface area contributed by atoms with Crippen LogP contribution in [-0.2, 0) is 6.54 Å². The number of halogens is 1. The summed E-state index contributed by atoms with van der Waals surface area (Å²) in [6.45, 7) is 4.34. The van der Waals surface area contributed by atoms with Crippen LogP contribution in [-0.4, -0.2) is 29.6 Å². The Kier molecular flexibility index (Phi) is 4.37. The van der Waals surface area contributed by atoms with Crippen LogP contribution < -0.4 is 5.32 Å². The lowest BCUT2D eigenvalue weighted by Gasteiger charge is -2.37. The van der Waals surface area contributed by atoms with E-state index in [2.05, 4.69) is 17.1 Å². The Labute approximate surface area is 121 Å². The van der Waals surface area contributed by atoms with E-state index in [-0.39, 0.29) is 5.82 Å². The molecule has 2 aliphatic rings. The zero-order valence-electron chi connectivity index (χ0n) is 12.3. The standard InChI is InChI=1S/C17H25FN2/c1-2-9-20(12-13-3-5-14(18)6-4-13)17-10-15-7-8-16(11-17)19-15/h3-6,15-17,19H,2,7-12H2,1H3. The van der Waals surface area contributed by atoms with E-state index in [9.17, 15) is 4.39 Å². The molecule has 20 heavy (non-hydrogen) atoms. The summed E-state index contributed by atoms with van der Waals surface area (Å²) in [6.07, 6.45) is 6.42. The molecule has 2 saturated heterocycles. The van der Waals surface area contributed by atoms with E-state index in [1.807, 2.05) is 12.1 Å². The third kappa shape index (κ3) is 3.21. The van der Waals surface area contributed by atoms with E-state index in [0.29, 0.717) is 6.04 Å². The molecule has 0 saturated carbocycles. The quantitative estimate of drug-likeness (QED) is 0.887. The van der Waals surface area contributed by atoms with Gasteiger partial charge >= 0.3 is 0 Å². The highest BCUT2D eigenvalue weighted by molar-refractivity contribution is 5.16. The van der Waals surface area contributed by atoms with E-state index >= 15 is 0 Å². The molecule has 1 aromatic carbocycles. The van der Waals surface area contributed by atoms with Crippen LogP contribution >= 0.6 is 0 Å². The van der Waals surface area contributed by atoms with Gasteiger partial charge < -0.3 is 5.32 Å². The second-order valence-corrected chi connectivity index (χ2v) is 6.36. The third-order valence-electron chi connectivity index (χ3n) is 4.77. The molecule has 1 N–H and O–H groups in total. The molecular weight excluding hydrogens is 251 g/mol. The zero-order valence-corrected chi connectivity index (χ0v) is 12.3. The highest BCUT2D eigenvalue weighted by atomic mass is 19.1.